The Morgan fingerprint density at radius 2 is 2.24 bits per heavy atom. The van der Waals surface area contributed by atoms with Crippen molar-refractivity contribution in [2.24, 2.45) is 0 Å². The molecule has 0 aromatic carbocycles. The maximum atomic E-state index is 12.2. The fraction of sp³-hybridized carbons (Fsp3) is 0.294. The topological polar surface area (TPSA) is 52.3 Å². The van der Waals surface area contributed by atoms with Gasteiger partial charge in [-0.1, -0.05) is 0 Å². The van der Waals surface area contributed by atoms with E-state index in [9.17, 15) is 4.79 Å². The molecule has 4 heteroatoms. The summed E-state index contributed by atoms with van der Waals surface area (Å²) < 4.78 is 11.5. The van der Waals surface area contributed by atoms with Crippen LogP contribution in [0.1, 0.15) is 31.2 Å². The van der Waals surface area contributed by atoms with Crippen LogP contribution in [0, 0.1) is 0 Å². The van der Waals surface area contributed by atoms with Crippen LogP contribution in [0.4, 0.5) is 0 Å². The van der Waals surface area contributed by atoms with Crippen LogP contribution in [0.15, 0.2) is 45.4 Å². The molecule has 0 saturated heterocycles. The van der Waals surface area contributed by atoms with Crippen molar-refractivity contribution in [3.63, 3.8) is 0 Å². The molecule has 1 atom stereocenters. The molecular weight excluding hydrogens is 266 g/mol. The van der Waals surface area contributed by atoms with Gasteiger partial charge in [0.25, 0.3) is 0 Å². The van der Waals surface area contributed by atoms with E-state index in [1.807, 2.05) is 18.2 Å². The van der Waals surface area contributed by atoms with E-state index in [0.29, 0.717) is 17.1 Å². The van der Waals surface area contributed by atoms with Crippen molar-refractivity contribution in [1.82, 2.24) is 4.98 Å². The van der Waals surface area contributed by atoms with E-state index >= 15 is 0 Å². The molecule has 3 heterocycles. The molecule has 1 aliphatic heterocycles. The lowest BCUT2D eigenvalue weighted by atomic mass is 9.89. The lowest BCUT2D eigenvalue weighted by Gasteiger charge is -2.30. The maximum Gasteiger partial charge on any atom is 0.347 e. The van der Waals surface area contributed by atoms with Crippen molar-refractivity contribution in [1.29, 1.82) is 0 Å². The Morgan fingerprint density at radius 1 is 1.29 bits per heavy atom. The van der Waals surface area contributed by atoms with Crippen molar-refractivity contribution in [2.75, 3.05) is 0 Å². The van der Waals surface area contributed by atoms with E-state index in [-0.39, 0.29) is 11.7 Å². The molecule has 0 amide bonds. The molecule has 0 N–H and O–H groups in total. The van der Waals surface area contributed by atoms with E-state index in [4.69, 9.17) is 9.15 Å². The van der Waals surface area contributed by atoms with Crippen LogP contribution >= 0.6 is 0 Å². The Labute approximate surface area is 122 Å². The number of hydrogen-bond donors (Lipinski definition) is 0. The zero-order valence-corrected chi connectivity index (χ0v) is 11.5. The van der Waals surface area contributed by atoms with Gasteiger partial charge in [-0.05, 0) is 49.5 Å². The van der Waals surface area contributed by atoms with Crippen molar-refractivity contribution < 1.29 is 9.15 Å². The monoisotopic (exact) mass is 281 g/mol. The van der Waals surface area contributed by atoms with E-state index in [2.05, 4.69) is 4.98 Å². The fourth-order valence-corrected chi connectivity index (χ4v) is 3.00. The summed E-state index contributed by atoms with van der Waals surface area (Å²) in [5.74, 6) is 1.13. The van der Waals surface area contributed by atoms with E-state index in [1.54, 1.807) is 18.5 Å². The molecule has 1 aliphatic carbocycles. The van der Waals surface area contributed by atoms with Gasteiger partial charge in [-0.15, -0.1) is 0 Å². The number of fused-ring (bicyclic) bond motifs is 2. The first kappa shape index (κ1) is 12.4. The molecule has 0 radical (unpaired) electrons. The van der Waals surface area contributed by atoms with Gasteiger partial charge in [-0.2, -0.15) is 0 Å². The standard InChI is InChI=1S/C17H15NO3/c19-17-13-8-11-4-1-2-6-14(11)20-16(13)9-15(21-17)12-5-3-7-18-10-12/h3,5,7-10,14H,1-2,4,6H2. The highest BCUT2D eigenvalue weighted by Crippen LogP contribution is 2.36. The van der Waals surface area contributed by atoms with E-state index < -0.39 is 0 Å². The molecule has 1 fully saturated rings. The molecule has 1 unspecified atom stereocenters. The van der Waals surface area contributed by atoms with Crippen molar-refractivity contribution >= 4 is 6.08 Å². The van der Waals surface area contributed by atoms with Crippen LogP contribution in [-0.4, -0.2) is 11.1 Å². The molecule has 0 bridgehead atoms. The number of ether oxygens (including phenoxy) is 1. The highest BCUT2D eigenvalue weighted by Gasteiger charge is 2.27. The van der Waals surface area contributed by atoms with Gasteiger partial charge < -0.3 is 9.15 Å². The number of nitrogens with zero attached hydrogens (tertiary/aromatic N) is 1. The maximum absolute atomic E-state index is 12.2. The minimum atomic E-state index is -0.345. The van der Waals surface area contributed by atoms with Crippen LogP contribution in [0.3, 0.4) is 0 Å². The SMILES string of the molecule is O=c1oc(-c2cccnc2)cc2c1C=C1CCCCC1O2. The second-order valence-electron chi connectivity index (χ2n) is 5.49. The molecule has 4 nitrogen and oxygen atoms in total. The third-order valence-electron chi connectivity index (χ3n) is 4.09. The third-order valence-corrected chi connectivity index (χ3v) is 4.09. The Kier molecular flexibility index (Phi) is 2.88. The summed E-state index contributed by atoms with van der Waals surface area (Å²) in [5, 5.41) is 0. The number of rotatable bonds is 1. The third kappa shape index (κ3) is 2.17. The lowest BCUT2D eigenvalue weighted by molar-refractivity contribution is 0.198. The van der Waals surface area contributed by atoms with Crippen LogP contribution in [0.5, 0.6) is 5.75 Å². The summed E-state index contributed by atoms with van der Waals surface area (Å²) in [6.45, 7) is 0. The first-order valence-electron chi connectivity index (χ1n) is 7.27. The Morgan fingerprint density at radius 3 is 3.10 bits per heavy atom. The Balaban J connectivity index is 1.82. The minimum absolute atomic E-state index is 0.120. The highest BCUT2D eigenvalue weighted by molar-refractivity contribution is 5.66. The molecule has 4 rings (SSSR count). The molecule has 2 aromatic heterocycles. The van der Waals surface area contributed by atoms with Crippen LogP contribution < -0.4 is 10.4 Å². The minimum Gasteiger partial charge on any atom is -0.485 e. The van der Waals surface area contributed by atoms with Gasteiger partial charge in [-0.25, -0.2) is 4.79 Å². The molecule has 106 valence electrons. The van der Waals surface area contributed by atoms with E-state index in [0.717, 1.165) is 18.4 Å². The van der Waals surface area contributed by atoms with Crippen LogP contribution in [0.25, 0.3) is 17.4 Å². The van der Waals surface area contributed by atoms with Gasteiger partial charge in [0, 0.05) is 24.0 Å². The van der Waals surface area contributed by atoms with Gasteiger partial charge in [-0.3, -0.25) is 4.98 Å². The molecular formula is C17H15NO3. The van der Waals surface area contributed by atoms with Gasteiger partial charge in [0.2, 0.25) is 0 Å². The average molecular weight is 281 g/mol. The number of aromatic nitrogens is 1. The summed E-state index contributed by atoms with van der Waals surface area (Å²) >= 11 is 0. The summed E-state index contributed by atoms with van der Waals surface area (Å²) in [6.07, 6.45) is 9.82. The quantitative estimate of drug-likeness (QED) is 0.803. The molecule has 21 heavy (non-hydrogen) atoms. The van der Waals surface area contributed by atoms with Gasteiger partial charge in [0.1, 0.15) is 23.2 Å². The number of hydrogen-bond acceptors (Lipinski definition) is 4. The summed E-state index contributed by atoms with van der Waals surface area (Å²) in [7, 11) is 0. The predicted octanol–water partition coefficient (Wildman–Crippen LogP) is 3.42. The fourth-order valence-electron chi connectivity index (χ4n) is 3.00. The summed E-state index contributed by atoms with van der Waals surface area (Å²) in [5.41, 5.74) is 2.19. The summed E-state index contributed by atoms with van der Waals surface area (Å²) in [4.78, 5) is 16.3. The normalized spacial score (nSPS) is 20.0. The first-order valence-corrected chi connectivity index (χ1v) is 7.27. The van der Waals surface area contributed by atoms with Crippen LogP contribution in [0.2, 0.25) is 0 Å². The molecule has 1 saturated carbocycles. The second kappa shape index (κ2) is 4.88. The Bertz CT molecular complexity index is 761. The molecule has 2 aliphatic rings. The zero-order valence-electron chi connectivity index (χ0n) is 11.5. The Hall–Kier alpha value is -2.36. The van der Waals surface area contributed by atoms with Crippen molar-refractivity contribution in [2.45, 2.75) is 31.8 Å². The smallest absolute Gasteiger partial charge is 0.347 e. The lowest BCUT2D eigenvalue weighted by Crippen LogP contribution is -2.27. The van der Waals surface area contributed by atoms with Gasteiger partial charge in [0.05, 0.1) is 0 Å². The predicted molar refractivity (Wildman–Crippen MR) is 79.1 cm³/mol. The molecule has 2 aromatic rings. The van der Waals surface area contributed by atoms with Gasteiger partial charge in [0.15, 0.2) is 0 Å². The van der Waals surface area contributed by atoms with E-state index in [1.165, 1.54) is 18.4 Å². The first-order chi connectivity index (χ1) is 10.3. The largest absolute Gasteiger partial charge is 0.485 e. The summed E-state index contributed by atoms with van der Waals surface area (Å²) in [6, 6.07) is 5.48. The van der Waals surface area contributed by atoms with Gasteiger partial charge >= 0.3 is 5.63 Å². The second-order valence-corrected chi connectivity index (χ2v) is 5.49. The van der Waals surface area contributed by atoms with Crippen molar-refractivity contribution in [3.05, 3.63) is 52.1 Å². The number of pyridine rings is 1. The average Bonchev–Trinajstić information content (AvgIpc) is 2.54. The highest BCUT2D eigenvalue weighted by atomic mass is 16.5. The zero-order chi connectivity index (χ0) is 14.2. The van der Waals surface area contributed by atoms with Crippen molar-refractivity contribution in [3.8, 4) is 17.1 Å². The molecule has 0 spiro atoms. The van der Waals surface area contributed by atoms with Crippen LogP contribution in [-0.2, 0) is 0 Å².